The lowest BCUT2D eigenvalue weighted by molar-refractivity contribution is -0.111. The largest absolute Gasteiger partial charge is 0.508 e. The van der Waals surface area contributed by atoms with Crippen LogP contribution in [0.15, 0.2) is 48.5 Å². The summed E-state index contributed by atoms with van der Waals surface area (Å²) in [5, 5.41) is 12.1. The molecule has 0 bridgehead atoms. The Balaban J connectivity index is 1.66. The Bertz CT molecular complexity index is 724. The number of carbonyl (C=O) groups is 1. The van der Waals surface area contributed by atoms with E-state index in [2.05, 4.69) is 5.32 Å². The molecule has 2 N–H and O–H groups in total. The van der Waals surface area contributed by atoms with Crippen LogP contribution in [0.25, 0.3) is 6.08 Å². The van der Waals surface area contributed by atoms with Crippen molar-refractivity contribution in [3.05, 3.63) is 54.1 Å². The molecule has 0 saturated heterocycles. The van der Waals surface area contributed by atoms with E-state index >= 15 is 0 Å². The highest BCUT2D eigenvalue weighted by molar-refractivity contribution is 6.02. The third-order valence-electron chi connectivity index (χ3n) is 3.11. The van der Waals surface area contributed by atoms with Crippen LogP contribution in [0.2, 0.25) is 0 Å². The van der Waals surface area contributed by atoms with Crippen molar-refractivity contribution in [2.45, 2.75) is 0 Å². The molecule has 1 aliphatic heterocycles. The average Bonchev–Trinajstić information content (AvgIpc) is 2.53. The van der Waals surface area contributed by atoms with Gasteiger partial charge >= 0.3 is 0 Å². The number of rotatable bonds is 3. The van der Waals surface area contributed by atoms with E-state index in [1.54, 1.807) is 48.5 Å². The second-order valence-electron chi connectivity index (χ2n) is 4.78. The standard InChI is InChI=1S/C17H15NO4/c19-14-3-1-2-12(10-14)4-7-17(20)18-13-5-6-15-16(11-13)22-9-8-21-15/h1-7,10-11,19H,8-9H2,(H,18,20)/b7-4+. The van der Waals surface area contributed by atoms with E-state index in [0.29, 0.717) is 30.4 Å². The molecule has 1 amide bonds. The number of nitrogens with one attached hydrogen (secondary N) is 1. The van der Waals surface area contributed by atoms with Gasteiger partial charge in [0.1, 0.15) is 19.0 Å². The van der Waals surface area contributed by atoms with Crippen LogP contribution in [-0.4, -0.2) is 24.2 Å². The zero-order valence-corrected chi connectivity index (χ0v) is 11.8. The summed E-state index contributed by atoms with van der Waals surface area (Å²) >= 11 is 0. The van der Waals surface area contributed by atoms with E-state index in [1.165, 1.54) is 6.08 Å². The zero-order valence-electron chi connectivity index (χ0n) is 11.8. The maximum Gasteiger partial charge on any atom is 0.248 e. The molecule has 0 atom stereocenters. The minimum atomic E-state index is -0.264. The Morgan fingerprint density at radius 3 is 2.73 bits per heavy atom. The molecule has 22 heavy (non-hydrogen) atoms. The Hall–Kier alpha value is -2.95. The Labute approximate surface area is 127 Å². The molecule has 0 aliphatic carbocycles. The quantitative estimate of drug-likeness (QED) is 0.855. The number of phenols is 1. The second kappa shape index (κ2) is 6.22. The summed E-state index contributed by atoms with van der Waals surface area (Å²) in [7, 11) is 0. The van der Waals surface area contributed by atoms with Gasteiger partial charge in [0.15, 0.2) is 11.5 Å². The number of hydrogen-bond acceptors (Lipinski definition) is 4. The smallest absolute Gasteiger partial charge is 0.248 e. The molecule has 0 spiro atoms. The van der Waals surface area contributed by atoms with Crippen LogP contribution < -0.4 is 14.8 Å². The number of phenolic OH excluding ortho intramolecular Hbond substituents is 1. The fourth-order valence-corrected chi connectivity index (χ4v) is 2.11. The monoisotopic (exact) mass is 297 g/mol. The van der Waals surface area contributed by atoms with Crippen LogP contribution in [0.1, 0.15) is 5.56 Å². The molecule has 5 heteroatoms. The molecule has 0 aromatic heterocycles. The summed E-state index contributed by atoms with van der Waals surface area (Å²) in [5.74, 6) is 1.20. The number of anilines is 1. The van der Waals surface area contributed by atoms with Crippen molar-refractivity contribution >= 4 is 17.7 Å². The van der Waals surface area contributed by atoms with Crippen molar-refractivity contribution in [1.29, 1.82) is 0 Å². The Kier molecular flexibility index (Phi) is 3.96. The first kappa shape index (κ1) is 14.0. The second-order valence-corrected chi connectivity index (χ2v) is 4.78. The van der Waals surface area contributed by atoms with Gasteiger partial charge in [-0.3, -0.25) is 4.79 Å². The van der Waals surface area contributed by atoms with Gasteiger partial charge in [0, 0.05) is 17.8 Å². The van der Waals surface area contributed by atoms with E-state index in [4.69, 9.17) is 9.47 Å². The third kappa shape index (κ3) is 3.38. The van der Waals surface area contributed by atoms with Crippen LogP contribution in [0.5, 0.6) is 17.2 Å². The number of amides is 1. The van der Waals surface area contributed by atoms with Crippen molar-refractivity contribution in [1.82, 2.24) is 0 Å². The molecule has 0 unspecified atom stereocenters. The van der Waals surface area contributed by atoms with Gasteiger partial charge in [-0.25, -0.2) is 0 Å². The van der Waals surface area contributed by atoms with Crippen LogP contribution >= 0.6 is 0 Å². The zero-order chi connectivity index (χ0) is 15.4. The number of carbonyl (C=O) groups excluding carboxylic acids is 1. The van der Waals surface area contributed by atoms with E-state index < -0.39 is 0 Å². The van der Waals surface area contributed by atoms with E-state index in [-0.39, 0.29) is 11.7 Å². The molecule has 1 heterocycles. The summed E-state index contributed by atoms with van der Waals surface area (Å²) in [6.07, 6.45) is 3.04. The maximum absolute atomic E-state index is 11.9. The SMILES string of the molecule is O=C(/C=C/c1cccc(O)c1)Nc1ccc2c(c1)OCCO2. The highest BCUT2D eigenvalue weighted by Crippen LogP contribution is 2.32. The lowest BCUT2D eigenvalue weighted by Gasteiger charge is -2.18. The fourth-order valence-electron chi connectivity index (χ4n) is 2.11. The molecule has 0 fully saturated rings. The van der Waals surface area contributed by atoms with Crippen LogP contribution in [0.4, 0.5) is 5.69 Å². The van der Waals surface area contributed by atoms with Gasteiger partial charge in [0.25, 0.3) is 0 Å². The Morgan fingerprint density at radius 2 is 1.91 bits per heavy atom. The van der Waals surface area contributed by atoms with E-state index in [0.717, 1.165) is 5.56 Å². The molecular formula is C17H15NO4. The Morgan fingerprint density at radius 1 is 1.09 bits per heavy atom. The number of aromatic hydroxyl groups is 1. The lowest BCUT2D eigenvalue weighted by atomic mass is 10.2. The number of ether oxygens (including phenoxy) is 2. The highest BCUT2D eigenvalue weighted by Gasteiger charge is 2.12. The average molecular weight is 297 g/mol. The molecular weight excluding hydrogens is 282 g/mol. The maximum atomic E-state index is 11.9. The summed E-state index contributed by atoms with van der Waals surface area (Å²) in [5.41, 5.74) is 1.38. The fraction of sp³-hybridized carbons (Fsp3) is 0.118. The van der Waals surface area contributed by atoms with Gasteiger partial charge in [-0.2, -0.15) is 0 Å². The van der Waals surface area contributed by atoms with Crippen molar-refractivity contribution < 1.29 is 19.4 Å². The number of hydrogen-bond donors (Lipinski definition) is 2. The highest BCUT2D eigenvalue weighted by atomic mass is 16.6. The van der Waals surface area contributed by atoms with Gasteiger partial charge < -0.3 is 19.9 Å². The molecule has 0 saturated carbocycles. The van der Waals surface area contributed by atoms with Gasteiger partial charge in [-0.15, -0.1) is 0 Å². The van der Waals surface area contributed by atoms with Crippen molar-refractivity contribution in [3.8, 4) is 17.2 Å². The molecule has 0 radical (unpaired) electrons. The van der Waals surface area contributed by atoms with Gasteiger partial charge in [0.05, 0.1) is 0 Å². The van der Waals surface area contributed by atoms with E-state index in [1.807, 2.05) is 0 Å². The van der Waals surface area contributed by atoms with Crippen molar-refractivity contribution in [3.63, 3.8) is 0 Å². The van der Waals surface area contributed by atoms with Gasteiger partial charge in [0.2, 0.25) is 5.91 Å². The third-order valence-corrected chi connectivity index (χ3v) is 3.11. The van der Waals surface area contributed by atoms with Gasteiger partial charge in [-0.05, 0) is 35.9 Å². The minimum absolute atomic E-state index is 0.161. The first-order chi connectivity index (χ1) is 10.7. The number of fused-ring (bicyclic) bond motifs is 1. The molecule has 2 aromatic rings. The lowest BCUT2D eigenvalue weighted by Crippen LogP contribution is -2.16. The van der Waals surface area contributed by atoms with Crippen LogP contribution in [-0.2, 0) is 4.79 Å². The van der Waals surface area contributed by atoms with Crippen LogP contribution in [0, 0.1) is 0 Å². The normalized spacial score (nSPS) is 13.1. The van der Waals surface area contributed by atoms with Crippen molar-refractivity contribution in [2.75, 3.05) is 18.5 Å². The minimum Gasteiger partial charge on any atom is -0.508 e. The summed E-state index contributed by atoms with van der Waals surface area (Å²) < 4.78 is 10.9. The summed E-state index contributed by atoms with van der Waals surface area (Å²) in [6, 6.07) is 11.9. The summed E-state index contributed by atoms with van der Waals surface area (Å²) in [6.45, 7) is 1.03. The predicted molar refractivity (Wildman–Crippen MR) is 83.2 cm³/mol. The number of benzene rings is 2. The van der Waals surface area contributed by atoms with E-state index in [9.17, 15) is 9.90 Å². The topological polar surface area (TPSA) is 67.8 Å². The molecule has 1 aliphatic rings. The molecule has 2 aromatic carbocycles. The first-order valence-electron chi connectivity index (χ1n) is 6.88. The van der Waals surface area contributed by atoms with Gasteiger partial charge in [-0.1, -0.05) is 12.1 Å². The van der Waals surface area contributed by atoms with Crippen LogP contribution in [0.3, 0.4) is 0 Å². The first-order valence-corrected chi connectivity index (χ1v) is 6.88. The molecule has 5 nitrogen and oxygen atoms in total. The summed E-state index contributed by atoms with van der Waals surface area (Å²) in [4.78, 5) is 11.9. The predicted octanol–water partition coefficient (Wildman–Crippen LogP) is 2.82. The molecule has 3 rings (SSSR count). The van der Waals surface area contributed by atoms with Crippen molar-refractivity contribution in [2.24, 2.45) is 0 Å². The molecule has 112 valence electrons.